The van der Waals surface area contributed by atoms with E-state index in [0.717, 1.165) is 21.5 Å². The van der Waals surface area contributed by atoms with Crippen molar-refractivity contribution in [2.75, 3.05) is 12.4 Å². The SMILES string of the molecule is CNc1cncc(OCc2ccc(Br)cc2)c1. The monoisotopic (exact) mass is 292 g/mol. The van der Waals surface area contributed by atoms with E-state index in [9.17, 15) is 0 Å². The highest BCUT2D eigenvalue weighted by atomic mass is 79.9. The number of benzene rings is 1. The molecule has 2 aromatic rings. The first kappa shape index (κ1) is 11.9. The fourth-order valence-electron chi connectivity index (χ4n) is 1.38. The van der Waals surface area contributed by atoms with E-state index < -0.39 is 0 Å². The van der Waals surface area contributed by atoms with Crippen LogP contribution in [0.3, 0.4) is 0 Å². The van der Waals surface area contributed by atoms with Crippen molar-refractivity contribution >= 4 is 21.6 Å². The second-order valence-corrected chi connectivity index (χ2v) is 4.49. The van der Waals surface area contributed by atoms with Crippen molar-refractivity contribution in [1.82, 2.24) is 4.98 Å². The number of ether oxygens (including phenoxy) is 1. The summed E-state index contributed by atoms with van der Waals surface area (Å²) in [4.78, 5) is 4.09. The molecule has 2 rings (SSSR count). The van der Waals surface area contributed by atoms with Gasteiger partial charge in [0.1, 0.15) is 12.4 Å². The summed E-state index contributed by atoms with van der Waals surface area (Å²) in [6.45, 7) is 0.544. The second kappa shape index (κ2) is 5.68. The minimum Gasteiger partial charge on any atom is -0.487 e. The van der Waals surface area contributed by atoms with E-state index in [-0.39, 0.29) is 0 Å². The van der Waals surface area contributed by atoms with Crippen molar-refractivity contribution in [3.63, 3.8) is 0 Å². The lowest BCUT2D eigenvalue weighted by Crippen LogP contribution is -1.97. The fraction of sp³-hybridized carbons (Fsp3) is 0.154. The van der Waals surface area contributed by atoms with Crippen molar-refractivity contribution < 1.29 is 4.74 Å². The van der Waals surface area contributed by atoms with Crippen molar-refractivity contribution in [3.05, 3.63) is 52.8 Å². The number of anilines is 1. The normalized spacial score (nSPS) is 10.0. The zero-order valence-corrected chi connectivity index (χ0v) is 11.1. The molecule has 4 heteroatoms. The Morgan fingerprint density at radius 2 is 2.00 bits per heavy atom. The molecule has 0 radical (unpaired) electrons. The summed E-state index contributed by atoms with van der Waals surface area (Å²) in [6, 6.07) is 9.98. The highest BCUT2D eigenvalue weighted by Crippen LogP contribution is 2.17. The number of pyridine rings is 1. The van der Waals surface area contributed by atoms with Gasteiger partial charge >= 0.3 is 0 Å². The number of hydrogen-bond acceptors (Lipinski definition) is 3. The third kappa shape index (κ3) is 3.46. The van der Waals surface area contributed by atoms with Crippen LogP contribution in [0.25, 0.3) is 0 Å². The summed E-state index contributed by atoms with van der Waals surface area (Å²) in [5, 5.41) is 3.02. The maximum atomic E-state index is 5.66. The van der Waals surface area contributed by atoms with Gasteiger partial charge < -0.3 is 10.1 Å². The summed E-state index contributed by atoms with van der Waals surface area (Å²) >= 11 is 3.40. The molecular formula is C13H13BrN2O. The topological polar surface area (TPSA) is 34.2 Å². The highest BCUT2D eigenvalue weighted by Gasteiger charge is 1.98. The molecule has 1 heterocycles. The van der Waals surface area contributed by atoms with Crippen molar-refractivity contribution in [2.24, 2.45) is 0 Å². The number of nitrogens with one attached hydrogen (secondary N) is 1. The minimum atomic E-state index is 0.544. The third-order valence-electron chi connectivity index (χ3n) is 2.32. The predicted molar refractivity (Wildman–Crippen MR) is 72.3 cm³/mol. The summed E-state index contributed by atoms with van der Waals surface area (Å²) < 4.78 is 6.73. The smallest absolute Gasteiger partial charge is 0.140 e. The lowest BCUT2D eigenvalue weighted by atomic mass is 10.2. The Kier molecular flexibility index (Phi) is 3.98. The molecule has 0 saturated heterocycles. The summed E-state index contributed by atoms with van der Waals surface area (Å²) in [6.07, 6.45) is 3.46. The number of rotatable bonds is 4. The van der Waals surface area contributed by atoms with Gasteiger partial charge in [0, 0.05) is 17.6 Å². The maximum Gasteiger partial charge on any atom is 0.140 e. The van der Waals surface area contributed by atoms with Gasteiger partial charge in [-0.2, -0.15) is 0 Å². The first-order valence-electron chi connectivity index (χ1n) is 5.28. The van der Waals surface area contributed by atoms with Crippen molar-refractivity contribution in [3.8, 4) is 5.75 Å². The quantitative estimate of drug-likeness (QED) is 0.937. The van der Waals surface area contributed by atoms with Gasteiger partial charge in [-0.3, -0.25) is 4.98 Å². The molecule has 0 atom stereocenters. The van der Waals surface area contributed by atoms with Gasteiger partial charge in [0.15, 0.2) is 0 Å². The molecule has 0 fully saturated rings. The van der Waals surface area contributed by atoms with Crippen LogP contribution in [0.15, 0.2) is 47.2 Å². The van der Waals surface area contributed by atoms with E-state index in [1.54, 1.807) is 12.4 Å². The van der Waals surface area contributed by atoms with Crippen LogP contribution in [0.1, 0.15) is 5.56 Å². The summed E-state index contributed by atoms with van der Waals surface area (Å²) in [7, 11) is 1.86. The molecule has 0 spiro atoms. The second-order valence-electron chi connectivity index (χ2n) is 3.57. The number of aromatic nitrogens is 1. The molecule has 17 heavy (non-hydrogen) atoms. The van der Waals surface area contributed by atoms with Gasteiger partial charge in [-0.05, 0) is 17.7 Å². The molecule has 0 amide bonds. The number of nitrogens with zero attached hydrogens (tertiary/aromatic N) is 1. The van der Waals surface area contributed by atoms with Crippen molar-refractivity contribution in [2.45, 2.75) is 6.61 Å². The first-order valence-corrected chi connectivity index (χ1v) is 6.07. The molecule has 0 saturated carbocycles. The van der Waals surface area contributed by atoms with Crippen LogP contribution in [0.2, 0.25) is 0 Å². The fourth-order valence-corrected chi connectivity index (χ4v) is 1.65. The Morgan fingerprint density at radius 1 is 1.24 bits per heavy atom. The molecule has 0 aliphatic heterocycles. The van der Waals surface area contributed by atoms with E-state index in [4.69, 9.17) is 4.74 Å². The van der Waals surface area contributed by atoms with Gasteiger partial charge in [0.25, 0.3) is 0 Å². The summed E-state index contributed by atoms with van der Waals surface area (Å²) in [5.41, 5.74) is 2.07. The Hall–Kier alpha value is -1.55. The van der Waals surface area contributed by atoms with E-state index in [1.807, 2.05) is 37.4 Å². The van der Waals surface area contributed by atoms with Crippen LogP contribution in [-0.4, -0.2) is 12.0 Å². The molecule has 1 aromatic carbocycles. The van der Waals surface area contributed by atoms with E-state index in [0.29, 0.717) is 6.61 Å². The summed E-state index contributed by atoms with van der Waals surface area (Å²) in [5.74, 6) is 0.764. The lowest BCUT2D eigenvalue weighted by Gasteiger charge is -2.07. The lowest BCUT2D eigenvalue weighted by molar-refractivity contribution is 0.305. The van der Waals surface area contributed by atoms with E-state index in [2.05, 4.69) is 26.2 Å². The van der Waals surface area contributed by atoms with Gasteiger partial charge in [-0.1, -0.05) is 28.1 Å². The van der Waals surface area contributed by atoms with Gasteiger partial charge in [0.05, 0.1) is 18.1 Å². The first-order chi connectivity index (χ1) is 8.28. The van der Waals surface area contributed by atoms with Gasteiger partial charge in [-0.15, -0.1) is 0 Å². The molecule has 0 aliphatic rings. The average Bonchev–Trinajstić information content (AvgIpc) is 2.38. The van der Waals surface area contributed by atoms with Crippen LogP contribution in [0.4, 0.5) is 5.69 Å². The highest BCUT2D eigenvalue weighted by molar-refractivity contribution is 9.10. The van der Waals surface area contributed by atoms with Crippen LogP contribution < -0.4 is 10.1 Å². The van der Waals surface area contributed by atoms with Gasteiger partial charge in [0.2, 0.25) is 0 Å². The standard InChI is InChI=1S/C13H13BrN2O/c1-15-12-6-13(8-16-7-12)17-9-10-2-4-11(14)5-3-10/h2-8,15H,9H2,1H3. The number of hydrogen-bond donors (Lipinski definition) is 1. The molecule has 1 aromatic heterocycles. The Morgan fingerprint density at radius 3 is 2.71 bits per heavy atom. The van der Waals surface area contributed by atoms with Crippen molar-refractivity contribution in [1.29, 1.82) is 0 Å². The molecule has 88 valence electrons. The molecular weight excluding hydrogens is 280 g/mol. The van der Waals surface area contributed by atoms with Gasteiger partial charge in [-0.25, -0.2) is 0 Å². The molecule has 0 unspecified atom stereocenters. The van der Waals surface area contributed by atoms with Crippen LogP contribution in [0, 0.1) is 0 Å². The third-order valence-corrected chi connectivity index (χ3v) is 2.85. The molecule has 0 aliphatic carbocycles. The van der Waals surface area contributed by atoms with Crippen LogP contribution >= 0.6 is 15.9 Å². The maximum absolute atomic E-state index is 5.66. The Labute approximate surface area is 109 Å². The predicted octanol–water partition coefficient (Wildman–Crippen LogP) is 3.46. The average molecular weight is 293 g/mol. The Bertz CT molecular complexity index is 485. The molecule has 0 bridgehead atoms. The molecule has 3 nitrogen and oxygen atoms in total. The van der Waals surface area contributed by atoms with E-state index in [1.165, 1.54) is 0 Å². The van der Waals surface area contributed by atoms with Crippen LogP contribution in [0.5, 0.6) is 5.75 Å². The Balaban J connectivity index is 1.99. The zero-order valence-electron chi connectivity index (χ0n) is 9.48. The zero-order chi connectivity index (χ0) is 12.1. The van der Waals surface area contributed by atoms with Crippen LogP contribution in [-0.2, 0) is 6.61 Å². The largest absolute Gasteiger partial charge is 0.487 e. The molecule has 1 N–H and O–H groups in total. The van der Waals surface area contributed by atoms with E-state index >= 15 is 0 Å². The minimum absolute atomic E-state index is 0.544. The number of halogens is 1.